The normalized spacial score (nSPS) is 21.7. The van der Waals surface area contributed by atoms with E-state index in [0.717, 1.165) is 25.3 Å². The highest BCUT2D eigenvalue weighted by molar-refractivity contribution is 8.00. The van der Waals surface area contributed by atoms with E-state index in [-0.39, 0.29) is 5.82 Å². The van der Waals surface area contributed by atoms with Gasteiger partial charge in [0, 0.05) is 24.1 Å². The van der Waals surface area contributed by atoms with Crippen LogP contribution in [0, 0.1) is 5.82 Å². The van der Waals surface area contributed by atoms with Crippen molar-refractivity contribution in [3.8, 4) is 0 Å². The molecule has 0 amide bonds. The molecule has 0 N–H and O–H groups in total. The van der Waals surface area contributed by atoms with Gasteiger partial charge in [-0.1, -0.05) is 6.92 Å². The first kappa shape index (κ1) is 10.7. The van der Waals surface area contributed by atoms with Gasteiger partial charge >= 0.3 is 0 Å². The smallest absolute Gasteiger partial charge is 0.225 e. The van der Waals surface area contributed by atoms with Gasteiger partial charge in [-0.2, -0.15) is 11.8 Å². The molecule has 1 atom stereocenters. The minimum absolute atomic E-state index is 0.378. The second kappa shape index (κ2) is 4.79. The molecule has 15 heavy (non-hydrogen) atoms. The Labute approximate surface area is 93.1 Å². The molecule has 2 heterocycles. The largest absolute Gasteiger partial charge is 0.339 e. The standard InChI is InChI=1S/C10H14FN3S/c1-2-9-7-14(3-4-15-9)10-12-5-8(11)6-13-10/h5-6,9H,2-4,7H2,1H3/t9-/m1/s1. The number of anilines is 1. The second-order valence-corrected chi connectivity index (χ2v) is 4.96. The SMILES string of the molecule is CC[C@@H]1CN(c2ncc(F)cn2)CCS1. The molecular formula is C10H14FN3S. The van der Waals surface area contributed by atoms with Crippen LogP contribution in [0.4, 0.5) is 10.3 Å². The zero-order chi connectivity index (χ0) is 10.7. The van der Waals surface area contributed by atoms with Crippen LogP contribution in [0.1, 0.15) is 13.3 Å². The monoisotopic (exact) mass is 227 g/mol. The fraction of sp³-hybridized carbons (Fsp3) is 0.600. The number of thioether (sulfide) groups is 1. The topological polar surface area (TPSA) is 29.0 Å². The first-order valence-electron chi connectivity index (χ1n) is 5.13. The summed E-state index contributed by atoms with van der Waals surface area (Å²) in [7, 11) is 0. The maximum absolute atomic E-state index is 12.6. The minimum atomic E-state index is -0.378. The number of hydrogen-bond acceptors (Lipinski definition) is 4. The van der Waals surface area contributed by atoms with Crippen LogP contribution < -0.4 is 4.90 Å². The highest BCUT2D eigenvalue weighted by Gasteiger charge is 2.20. The van der Waals surface area contributed by atoms with Gasteiger partial charge in [-0.15, -0.1) is 0 Å². The summed E-state index contributed by atoms with van der Waals surface area (Å²) in [6, 6.07) is 0. The Hall–Kier alpha value is -0.840. The van der Waals surface area contributed by atoms with Crippen molar-refractivity contribution < 1.29 is 4.39 Å². The molecule has 0 radical (unpaired) electrons. The van der Waals surface area contributed by atoms with Crippen LogP contribution in [0.5, 0.6) is 0 Å². The number of aromatic nitrogens is 2. The van der Waals surface area contributed by atoms with Gasteiger partial charge in [0.2, 0.25) is 5.95 Å². The summed E-state index contributed by atoms with van der Waals surface area (Å²) >= 11 is 1.99. The maximum Gasteiger partial charge on any atom is 0.225 e. The first-order valence-corrected chi connectivity index (χ1v) is 6.18. The fourth-order valence-corrected chi connectivity index (χ4v) is 2.80. The lowest BCUT2D eigenvalue weighted by molar-refractivity contribution is 0.609. The van der Waals surface area contributed by atoms with Crippen LogP contribution in [0.2, 0.25) is 0 Å². The van der Waals surface area contributed by atoms with Crippen LogP contribution >= 0.6 is 11.8 Å². The minimum Gasteiger partial charge on any atom is -0.339 e. The summed E-state index contributed by atoms with van der Waals surface area (Å²) in [5.41, 5.74) is 0. The van der Waals surface area contributed by atoms with Crippen LogP contribution in [0.3, 0.4) is 0 Å². The molecular weight excluding hydrogens is 213 g/mol. The van der Waals surface area contributed by atoms with Crippen LogP contribution in [0.25, 0.3) is 0 Å². The van der Waals surface area contributed by atoms with E-state index in [1.165, 1.54) is 12.4 Å². The Balaban J connectivity index is 2.06. The highest BCUT2D eigenvalue weighted by Crippen LogP contribution is 2.23. The third kappa shape index (κ3) is 2.59. The van der Waals surface area contributed by atoms with Crippen molar-refractivity contribution in [2.75, 3.05) is 23.7 Å². The van der Waals surface area contributed by atoms with E-state index in [2.05, 4.69) is 21.8 Å². The highest BCUT2D eigenvalue weighted by atomic mass is 32.2. The van der Waals surface area contributed by atoms with E-state index in [1.54, 1.807) is 0 Å². The summed E-state index contributed by atoms with van der Waals surface area (Å²) in [5.74, 6) is 1.37. The summed E-state index contributed by atoms with van der Waals surface area (Å²) in [5, 5.41) is 0.646. The van der Waals surface area contributed by atoms with Gasteiger partial charge in [0.05, 0.1) is 12.4 Å². The Bertz CT molecular complexity index is 317. The molecule has 1 aromatic rings. The van der Waals surface area contributed by atoms with Gasteiger partial charge in [-0.05, 0) is 6.42 Å². The van der Waals surface area contributed by atoms with Crippen LogP contribution in [-0.4, -0.2) is 34.1 Å². The molecule has 0 saturated carbocycles. The average Bonchev–Trinajstić information content (AvgIpc) is 2.30. The fourth-order valence-electron chi connectivity index (χ4n) is 1.62. The Morgan fingerprint density at radius 2 is 2.27 bits per heavy atom. The van der Waals surface area contributed by atoms with Crippen molar-refractivity contribution in [3.63, 3.8) is 0 Å². The summed E-state index contributed by atoms with van der Waals surface area (Å²) < 4.78 is 12.6. The summed E-state index contributed by atoms with van der Waals surface area (Å²) in [6.45, 7) is 4.10. The molecule has 0 bridgehead atoms. The first-order chi connectivity index (χ1) is 7.29. The molecule has 0 spiro atoms. The van der Waals surface area contributed by atoms with Crippen molar-refractivity contribution in [2.45, 2.75) is 18.6 Å². The molecule has 5 heteroatoms. The van der Waals surface area contributed by atoms with Gasteiger partial charge < -0.3 is 4.90 Å². The summed E-state index contributed by atoms with van der Waals surface area (Å²) in [4.78, 5) is 10.1. The number of nitrogens with zero attached hydrogens (tertiary/aromatic N) is 3. The van der Waals surface area contributed by atoms with Crippen molar-refractivity contribution in [2.24, 2.45) is 0 Å². The third-order valence-corrected chi connectivity index (χ3v) is 3.86. The lowest BCUT2D eigenvalue weighted by Gasteiger charge is -2.31. The molecule has 0 aromatic carbocycles. The van der Waals surface area contributed by atoms with Gasteiger partial charge in [0.25, 0.3) is 0 Å². The molecule has 1 aromatic heterocycles. The lowest BCUT2D eigenvalue weighted by atomic mass is 10.3. The molecule has 2 rings (SSSR count). The molecule has 0 unspecified atom stereocenters. The molecule has 3 nitrogen and oxygen atoms in total. The van der Waals surface area contributed by atoms with Gasteiger partial charge in [-0.3, -0.25) is 0 Å². The Morgan fingerprint density at radius 3 is 2.93 bits per heavy atom. The van der Waals surface area contributed by atoms with Crippen LogP contribution in [0.15, 0.2) is 12.4 Å². The zero-order valence-electron chi connectivity index (χ0n) is 8.69. The zero-order valence-corrected chi connectivity index (χ0v) is 9.50. The van der Waals surface area contributed by atoms with Crippen molar-refractivity contribution in [1.29, 1.82) is 0 Å². The van der Waals surface area contributed by atoms with Crippen molar-refractivity contribution >= 4 is 17.7 Å². The van der Waals surface area contributed by atoms with Gasteiger partial charge in [0.1, 0.15) is 0 Å². The predicted molar refractivity (Wildman–Crippen MR) is 60.7 cm³/mol. The number of hydrogen-bond donors (Lipinski definition) is 0. The molecule has 1 fully saturated rings. The van der Waals surface area contributed by atoms with E-state index >= 15 is 0 Å². The van der Waals surface area contributed by atoms with Gasteiger partial charge in [0.15, 0.2) is 5.82 Å². The molecule has 1 saturated heterocycles. The molecule has 82 valence electrons. The predicted octanol–water partition coefficient (Wildman–Crippen LogP) is 1.95. The van der Waals surface area contributed by atoms with E-state index in [1.807, 2.05) is 11.8 Å². The average molecular weight is 227 g/mol. The van der Waals surface area contributed by atoms with E-state index < -0.39 is 0 Å². The van der Waals surface area contributed by atoms with E-state index in [4.69, 9.17) is 0 Å². The van der Waals surface area contributed by atoms with Crippen LogP contribution in [-0.2, 0) is 0 Å². The Morgan fingerprint density at radius 1 is 1.53 bits per heavy atom. The second-order valence-electron chi connectivity index (χ2n) is 3.55. The molecule has 1 aliphatic rings. The van der Waals surface area contributed by atoms with Gasteiger partial charge in [-0.25, -0.2) is 14.4 Å². The number of rotatable bonds is 2. The molecule has 0 aliphatic carbocycles. The quantitative estimate of drug-likeness (QED) is 0.772. The Kier molecular flexibility index (Phi) is 3.41. The lowest BCUT2D eigenvalue weighted by Crippen LogP contribution is -2.38. The maximum atomic E-state index is 12.6. The summed E-state index contributed by atoms with van der Waals surface area (Å²) in [6.07, 6.45) is 3.61. The van der Waals surface area contributed by atoms with Crippen molar-refractivity contribution in [3.05, 3.63) is 18.2 Å². The van der Waals surface area contributed by atoms with Crippen molar-refractivity contribution in [1.82, 2.24) is 9.97 Å². The number of halogens is 1. The van der Waals surface area contributed by atoms with E-state index in [0.29, 0.717) is 11.2 Å². The third-order valence-electron chi connectivity index (χ3n) is 2.48. The van der Waals surface area contributed by atoms with E-state index in [9.17, 15) is 4.39 Å². The molecule has 1 aliphatic heterocycles.